The lowest BCUT2D eigenvalue weighted by atomic mass is 9.92. The molecule has 2 rings (SSSR count). The molecule has 8 nitrogen and oxygen atoms in total. The number of halogens is 1. The summed E-state index contributed by atoms with van der Waals surface area (Å²) in [4.78, 5) is 13.0. The zero-order valence-electron chi connectivity index (χ0n) is 18.0. The number of carbonyl (C=O) groups is 1. The summed E-state index contributed by atoms with van der Waals surface area (Å²) >= 11 is 7.57. The number of thioether (sulfide) groups is 1. The van der Waals surface area contributed by atoms with E-state index in [0.29, 0.717) is 5.92 Å². The van der Waals surface area contributed by atoms with E-state index in [2.05, 4.69) is 10.6 Å². The van der Waals surface area contributed by atoms with E-state index in [1.165, 1.54) is 11.8 Å². The molecule has 5 N–H and O–H groups in total. The van der Waals surface area contributed by atoms with Gasteiger partial charge in [-0.15, -0.1) is 23.4 Å². The van der Waals surface area contributed by atoms with Gasteiger partial charge in [-0.3, -0.25) is 4.79 Å². The highest BCUT2D eigenvalue weighted by molar-refractivity contribution is 7.99. The van der Waals surface area contributed by atoms with Crippen LogP contribution in [0.15, 0.2) is 0 Å². The molecule has 0 bridgehead atoms. The molecule has 0 aliphatic carbocycles. The Hall–Kier alpha value is -0.130. The van der Waals surface area contributed by atoms with E-state index >= 15 is 0 Å². The summed E-state index contributed by atoms with van der Waals surface area (Å²) in [5, 5.41) is 36.4. The first-order valence-electron chi connectivity index (χ1n) is 10.7. The van der Waals surface area contributed by atoms with Crippen molar-refractivity contribution in [2.75, 3.05) is 26.5 Å². The van der Waals surface area contributed by atoms with E-state index in [9.17, 15) is 20.1 Å². The third kappa shape index (κ3) is 6.93. The van der Waals surface area contributed by atoms with Crippen LogP contribution in [0.2, 0.25) is 0 Å². The number of aliphatic hydroxyl groups excluding tert-OH is 3. The molecule has 0 aromatic heterocycles. The summed E-state index contributed by atoms with van der Waals surface area (Å²) in [7, 11) is 1.71. The molecule has 0 aromatic rings. The Morgan fingerprint density at radius 3 is 2.63 bits per heavy atom. The highest BCUT2D eigenvalue weighted by Crippen LogP contribution is 2.30. The second kappa shape index (κ2) is 12.8. The number of amides is 1. The van der Waals surface area contributed by atoms with Crippen LogP contribution >= 0.6 is 23.4 Å². The topological polar surface area (TPSA) is 120 Å². The van der Waals surface area contributed by atoms with Crippen LogP contribution in [0.25, 0.3) is 0 Å². The number of hydrogen-bond donors (Lipinski definition) is 5. The molecule has 176 valence electrons. The minimum atomic E-state index is -1.38. The zero-order chi connectivity index (χ0) is 22.3. The highest BCUT2D eigenvalue weighted by atomic mass is 35.5. The lowest BCUT2D eigenvalue weighted by Crippen LogP contribution is -2.65. The Balaban J connectivity index is 1.98. The normalized spacial score (nSPS) is 37.2. The average molecular weight is 469 g/mol. The van der Waals surface area contributed by atoms with E-state index in [4.69, 9.17) is 21.1 Å². The Labute approximate surface area is 188 Å². The summed E-state index contributed by atoms with van der Waals surface area (Å²) in [5.41, 5.74) is -0.716. The van der Waals surface area contributed by atoms with E-state index in [1.54, 1.807) is 20.3 Å². The van der Waals surface area contributed by atoms with Crippen molar-refractivity contribution in [1.29, 1.82) is 0 Å². The van der Waals surface area contributed by atoms with Gasteiger partial charge >= 0.3 is 0 Å². The van der Waals surface area contributed by atoms with Gasteiger partial charge in [0, 0.05) is 13.7 Å². The van der Waals surface area contributed by atoms with Crippen molar-refractivity contribution >= 4 is 29.3 Å². The lowest BCUT2D eigenvalue weighted by molar-refractivity contribution is -0.205. The monoisotopic (exact) mass is 468 g/mol. The Morgan fingerprint density at radius 2 is 2.00 bits per heavy atom. The van der Waals surface area contributed by atoms with Gasteiger partial charge in [-0.1, -0.05) is 0 Å². The third-order valence-corrected chi connectivity index (χ3v) is 7.21. The van der Waals surface area contributed by atoms with Crippen molar-refractivity contribution in [3.8, 4) is 0 Å². The molecule has 2 saturated heterocycles. The van der Waals surface area contributed by atoms with Crippen molar-refractivity contribution in [2.45, 2.75) is 86.3 Å². The first kappa shape index (κ1) is 26.1. The van der Waals surface area contributed by atoms with E-state index < -0.39 is 41.3 Å². The molecule has 2 aliphatic rings. The summed E-state index contributed by atoms with van der Waals surface area (Å²) in [5.74, 6) is 0.373. The van der Waals surface area contributed by atoms with Crippen molar-refractivity contribution in [1.82, 2.24) is 10.6 Å². The predicted octanol–water partition coefficient (Wildman–Crippen LogP) is 0.454. The molecule has 30 heavy (non-hydrogen) atoms. The van der Waals surface area contributed by atoms with Crippen molar-refractivity contribution in [2.24, 2.45) is 5.92 Å². The molecule has 1 amide bonds. The number of carbonyl (C=O) groups excluding carboxylic acids is 1. The van der Waals surface area contributed by atoms with Gasteiger partial charge < -0.3 is 35.4 Å². The molecule has 0 radical (unpaired) electrons. The molecular formula is C20H37ClN2O6S. The first-order valence-corrected chi connectivity index (χ1v) is 12.4. The standard InChI is InChI=1S/C20H37ClN2O6S/c1-11(21)14(18-16(25)15(24)17(26)20(29-18)30-3)23-19(27)13-7-6-12(8-9-22-13)5-4-10-28-2/h11-18,20,22,24-26H,4-10H2,1-3H3,(H,23,27)/t11-,12-,13-,14+,15-,16+,17+,18+,20+/m0/s1. The smallest absolute Gasteiger partial charge is 0.237 e. The molecule has 9 atom stereocenters. The molecule has 0 spiro atoms. The van der Waals surface area contributed by atoms with E-state index in [-0.39, 0.29) is 11.9 Å². The van der Waals surface area contributed by atoms with Gasteiger partial charge in [0.2, 0.25) is 5.91 Å². The van der Waals surface area contributed by atoms with E-state index in [0.717, 1.165) is 45.3 Å². The fourth-order valence-electron chi connectivity index (χ4n) is 4.23. The van der Waals surface area contributed by atoms with Crippen molar-refractivity contribution in [3.63, 3.8) is 0 Å². The molecule has 2 fully saturated rings. The van der Waals surface area contributed by atoms with Crippen LogP contribution in [-0.4, -0.2) is 95.1 Å². The summed E-state index contributed by atoms with van der Waals surface area (Å²) in [6.07, 6.45) is 1.67. The Bertz CT molecular complexity index is 530. The number of ether oxygens (including phenoxy) is 2. The van der Waals surface area contributed by atoms with Crippen LogP contribution in [0, 0.1) is 5.92 Å². The zero-order valence-corrected chi connectivity index (χ0v) is 19.6. The fourth-order valence-corrected chi connectivity index (χ4v) is 5.11. The van der Waals surface area contributed by atoms with Gasteiger partial charge in [0.1, 0.15) is 29.9 Å². The van der Waals surface area contributed by atoms with E-state index in [1.807, 2.05) is 0 Å². The maximum atomic E-state index is 13.0. The van der Waals surface area contributed by atoms with Crippen LogP contribution in [0.1, 0.15) is 39.0 Å². The Kier molecular flexibility index (Phi) is 11.1. The quantitative estimate of drug-likeness (QED) is 0.244. The fraction of sp³-hybridized carbons (Fsp3) is 0.950. The van der Waals surface area contributed by atoms with Crippen molar-refractivity contribution in [3.05, 3.63) is 0 Å². The van der Waals surface area contributed by atoms with Crippen LogP contribution in [0.5, 0.6) is 0 Å². The maximum absolute atomic E-state index is 13.0. The van der Waals surface area contributed by atoms with Gasteiger partial charge in [0.05, 0.1) is 17.5 Å². The number of alkyl halides is 1. The molecule has 0 unspecified atom stereocenters. The van der Waals surface area contributed by atoms with Gasteiger partial charge in [-0.05, 0) is 57.7 Å². The molecular weight excluding hydrogens is 432 g/mol. The van der Waals surface area contributed by atoms with Crippen LogP contribution in [-0.2, 0) is 14.3 Å². The molecule has 0 aromatic carbocycles. The van der Waals surface area contributed by atoms with Crippen molar-refractivity contribution < 1.29 is 29.6 Å². The lowest BCUT2D eigenvalue weighted by Gasteiger charge is -2.44. The third-order valence-electron chi connectivity index (χ3n) is 6.08. The average Bonchev–Trinajstić information content (AvgIpc) is 2.97. The molecule has 2 aliphatic heterocycles. The maximum Gasteiger partial charge on any atom is 0.237 e. The van der Waals surface area contributed by atoms with Gasteiger partial charge in [0.15, 0.2) is 0 Å². The molecule has 0 saturated carbocycles. The minimum Gasteiger partial charge on any atom is -0.388 e. The minimum absolute atomic E-state index is 0.192. The second-order valence-electron chi connectivity index (χ2n) is 8.26. The van der Waals surface area contributed by atoms with Crippen LogP contribution in [0.3, 0.4) is 0 Å². The number of methoxy groups -OCH3 is 1. The number of aliphatic hydroxyl groups is 3. The molecule has 10 heteroatoms. The largest absolute Gasteiger partial charge is 0.388 e. The first-order chi connectivity index (χ1) is 14.3. The summed E-state index contributed by atoms with van der Waals surface area (Å²) in [6, 6.07) is -1.06. The number of rotatable bonds is 9. The SMILES string of the molecule is COCCC[C@@H]1CCN[C@H](C(=O)N[C@@H]([C@H]2O[C@H](SC)[C@H](O)[C@@H](O)[C@H]2O)[C@H](C)Cl)CC1. The Morgan fingerprint density at radius 1 is 1.27 bits per heavy atom. The van der Waals surface area contributed by atoms with Crippen LogP contribution in [0.4, 0.5) is 0 Å². The predicted molar refractivity (Wildman–Crippen MR) is 118 cm³/mol. The number of hydrogen-bond acceptors (Lipinski definition) is 8. The number of nitrogens with one attached hydrogen (secondary N) is 2. The highest BCUT2D eigenvalue weighted by Gasteiger charge is 2.48. The molecule has 2 heterocycles. The summed E-state index contributed by atoms with van der Waals surface area (Å²) in [6.45, 7) is 3.23. The van der Waals surface area contributed by atoms with Gasteiger partial charge in [0.25, 0.3) is 0 Å². The summed E-state index contributed by atoms with van der Waals surface area (Å²) < 4.78 is 10.9. The van der Waals surface area contributed by atoms with Crippen LogP contribution < -0.4 is 10.6 Å². The second-order valence-corrected chi connectivity index (χ2v) is 9.89. The van der Waals surface area contributed by atoms with Gasteiger partial charge in [-0.2, -0.15) is 0 Å². The van der Waals surface area contributed by atoms with Gasteiger partial charge in [-0.25, -0.2) is 0 Å².